The number of ether oxygens (including phenoxy) is 1. The van der Waals surface area contributed by atoms with Crippen molar-refractivity contribution in [3.63, 3.8) is 0 Å². The van der Waals surface area contributed by atoms with Crippen LogP contribution in [-0.2, 0) is 14.3 Å². The van der Waals surface area contributed by atoms with Gasteiger partial charge in [0.15, 0.2) is 0 Å². The SMILES string of the molecule is COC(=O)[C@@H]1CCCC[C@H]1NC(=O)CCC(F)(F)F. The lowest BCUT2D eigenvalue weighted by Crippen LogP contribution is -2.45. The lowest BCUT2D eigenvalue weighted by Gasteiger charge is -2.30. The molecule has 1 fully saturated rings. The number of halogens is 3. The standard InChI is InChI=1S/C12H18F3NO3/c1-19-11(18)8-4-2-3-5-9(8)16-10(17)6-7-12(13,14)15/h8-9H,2-7H2,1H3,(H,16,17)/t8-,9-/m1/s1. The summed E-state index contributed by atoms with van der Waals surface area (Å²) in [6.07, 6.45) is -3.20. The van der Waals surface area contributed by atoms with Crippen molar-refractivity contribution < 1.29 is 27.5 Å². The van der Waals surface area contributed by atoms with E-state index in [0.717, 1.165) is 12.8 Å². The van der Waals surface area contributed by atoms with Gasteiger partial charge < -0.3 is 10.1 Å². The molecule has 110 valence electrons. The van der Waals surface area contributed by atoms with Crippen molar-refractivity contribution in [3.05, 3.63) is 0 Å². The van der Waals surface area contributed by atoms with E-state index >= 15 is 0 Å². The van der Waals surface area contributed by atoms with Gasteiger partial charge in [-0.3, -0.25) is 9.59 Å². The number of amides is 1. The number of alkyl halides is 3. The van der Waals surface area contributed by atoms with Crippen molar-refractivity contribution in [1.29, 1.82) is 0 Å². The van der Waals surface area contributed by atoms with E-state index in [1.54, 1.807) is 0 Å². The fraction of sp³-hybridized carbons (Fsp3) is 0.833. The van der Waals surface area contributed by atoms with Gasteiger partial charge in [-0.1, -0.05) is 12.8 Å². The maximum Gasteiger partial charge on any atom is 0.389 e. The van der Waals surface area contributed by atoms with Crippen molar-refractivity contribution in [2.75, 3.05) is 7.11 Å². The number of esters is 1. The molecule has 1 amide bonds. The molecular formula is C12H18F3NO3. The summed E-state index contributed by atoms with van der Waals surface area (Å²) in [5.74, 6) is -1.53. The smallest absolute Gasteiger partial charge is 0.389 e. The summed E-state index contributed by atoms with van der Waals surface area (Å²) >= 11 is 0. The summed E-state index contributed by atoms with van der Waals surface area (Å²) in [5.41, 5.74) is 0. The van der Waals surface area contributed by atoms with Gasteiger partial charge in [0.1, 0.15) is 0 Å². The van der Waals surface area contributed by atoms with E-state index in [4.69, 9.17) is 0 Å². The Kier molecular flexibility index (Phi) is 5.62. The molecule has 0 unspecified atom stereocenters. The third kappa shape index (κ3) is 5.48. The average Bonchev–Trinajstić information content (AvgIpc) is 2.35. The van der Waals surface area contributed by atoms with Crippen molar-refractivity contribution in [3.8, 4) is 0 Å². The molecule has 1 rings (SSSR count). The Bertz CT molecular complexity index is 331. The fourth-order valence-electron chi connectivity index (χ4n) is 2.27. The predicted molar refractivity (Wildman–Crippen MR) is 61.2 cm³/mol. The largest absolute Gasteiger partial charge is 0.469 e. The van der Waals surface area contributed by atoms with Crippen LogP contribution >= 0.6 is 0 Å². The molecule has 1 aliphatic carbocycles. The van der Waals surface area contributed by atoms with E-state index in [0.29, 0.717) is 12.8 Å². The highest BCUT2D eigenvalue weighted by molar-refractivity contribution is 5.78. The Balaban J connectivity index is 2.48. The van der Waals surface area contributed by atoms with Crippen molar-refractivity contribution in [1.82, 2.24) is 5.32 Å². The van der Waals surface area contributed by atoms with Crippen LogP contribution in [-0.4, -0.2) is 31.2 Å². The quantitative estimate of drug-likeness (QED) is 0.804. The van der Waals surface area contributed by atoms with Crippen LogP contribution in [0.5, 0.6) is 0 Å². The minimum Gasteiger partial charge on any atom is -0.469 e. The molecule has 1 aliphatic rings. The minimum atomic E-state index is -4.34. The maximum atomic E-state index is 12.0. The molecule has 0 aromatic heterocycles. The summed E-state index contributed by atoms with van der Waals surface area (Å²) < 4.78 is 40.6. The second-order valence-electron chi connectivity index (χ2n) is 4.70. The molecule has 2 atom stereocenters. The Morgan fingerprint density at radius 3 is 2.47 bits per heavy atom. The average molecular weight is 281 g/mol. The van der Waals surface area contributed by atoms with Gasteiger partial charge in [0, 0.05) is 12.5 Å². The number of hydrogen-bond acceptors (Lipinski definition) is 3. The molecule has 1 N–H and O–H groups in total. The first-order chi connectivity index (χ1) is 8.83. The van der Waals surface area contributed by atoms with Gasteiger partial charge in [0.05, 0.1) is 19.4 Å². The van der Waals surface area contributed by atoms with Gasteiger partial charge >= 0.3 is 12.1 Å². The van der Waals surface area contributed by atoms with Crippen LogP contribution in [0, 0.1) is 5.92 Å². The number of hydrogen-bond donors (Lipinski definition) is 1. The molecule has 0 spiro atoms. The predicted octanol–water partition coefficient (Wildman–Crippen LogP) is 2.18. The van der Waals surface area contributed by atoms with E-state index < -0.39 is 42.9 Å². The molecule has 0 heterocycles. The van der Waals surface area contributed by atoms with Crippen LogP contribution in [0.3, 0.4) is 0 Å². The number of nitrogens with one attached hydrogen (secondary N) is 1. The first kappa shape index (κ1) is 15.8. The molecule has 0 aromatic rings. The maximum absolute atomic E-state index is 12.0. The third-order valence-electron chi connectivity index (χ3n) is 3.25. The van der Waals surface area contributed by atoms with E-state index in [2.05, 4.69) is 10.1 Å². The Hall–Kier alpha value is -1.27. The first-order valence-electron chi connectivity index (χ1n) is 6.27. The Morgan fingerprint density at radius 2 is 1.89 bits per heavy atom. The van der Waals surface area contributed by atoms with Crippen LogP contribution in [0.2, 0.25) is 0 Å². The van der Waals surface area contributed by atoms with Gasteiger partial charge in [-0.15, -0.1) is 0 Å². The van der Waals surface area contributed by atoms with E-state index in [1.165, 1.54) is 7.11 Å². The highest BCUT2D eigenvalue weighted by atomic mass is 19.4. The van der Waals surface area contributed by atoms with Crippen molar-refractivity contribution >= 4 is 11.9 Å². The summed E-state index contributed by atoms with van der Waals surface area (Å²) in [6.45, 7) is 0. The van der Waals surface area contributed by atoms with Gasteiger partial charge in [-0.2, -0.15) is 13.2 Å². The minimum absolute atomic E-state index is 0.415. The number of rotatable bonds is 4. The molecule has 7 heteroatoms. The Labute approximate surface area is 109 Å². The molecular weight excluding hydrogens is 263 g/mol. The summed E-state index contributed by atoms with van der Waals surface area (Å²) in [4.78, 5) is 23.0. The molecule has 0 bridgehead atoms. The van der Waals surface area contributed by atoms with Crippen LogP contribution in [0.15, 0.2) is 0 Å². The topological polar surface area (TPSA) is 55.4 Å². The molecule has 4 nitrogen and oxygen atoms in total. The van der Waals surface area contributed by atoms with E-state index in [9.17, 15) is 22.8 Å². The number of carbonyl (C=O) groups is 2. The van der Waals surface area contributed by atoms with Crippen molar-refractivity contribution in [2.45, 2.75) is 50.7 Å². The molecule has 0 radical (unpaired) electrons. The summed E-state index contributed by atoms with van der Waals surface area (Å²) in [6, 6.07) is -0.415. The second kappa shape index (κ2) is 6.77. The first-order valence-corrected chi connectivity index (χ1v) is 6.27. The van der Waals surface area contributed by atoms with Gasteiger partial charge in [-0.05, 0) is 12.8 Å². The van der Waals surface area contributed by atoms with Gasteiger partial charge in [-0.25, -0.2) is 0 Å². The number of carbonyl (C=O) groups excluding carboxylic acids is 2. The van der Waals surface area contributed by atoms with Crippen LogP contribution in [0.4, 0.5) is 13.2 Å². The third-order valence-corrected chi connectivity index (χ3v) is 3.25. The van der Waals surface area contributed by atoms with Gasteiger partial charge in [0.2, 0.25) is 5.91 Å². The molecule has 0 aromatic carbocycles. The normalized spacial score (nSPS) is 23.8. The summed E-state index contributed by atoms with van der Waals surface area (Å²) in [7, 11) is 1.26. The van der Waals surface area contributed by atoms with Crippen LogP contribution < -0.4 is 5.32 Å². The highest BCUT2D eigenvalue weighted by Crippen LogP contribution is 2.26. The zero-order valence-corrected chi connectivity index (χ0v) is 10.8. The second-order valence-corrected chi connectivity index (χ2v) is 4.70. The van der Waals surface area contributed by atoms with Gasteiger partial charge in [0.25, 0.3) is 0 Å². The zero-order chi connectivity index (χ0) is 14.5. The fourth-order valence-corrected chi connectivity index (χ4v) is 2.27. The van der Waals surface area contributed by atoms with Crippen molar-refractivity contribution in [2.24, 2.45) is 5.92 Å². The molecule has 0 saturated heterocycles. The summed E-state index contributed by atoms with van der Waals surface area (Å²) in [5, 5.41) is 2.52. The molecule has 1 saturated carbocycles. The molecule has 0 aliphatic heterocycles. The van der Waals surface area contributed by atoms with Crippen LogP contribution in [0.25, 0.3) is 0 Å². The lowest BCUT2D eigenvalue weighted by atomic mass is 9.84. The molecule has 19 heavy (non-hydrogen) atoms. The Morgan fingerprint density at radius 1 is 1.26 bits per heavy atom. The lowest BCUT2D eigenvalue weighted by molar-refractivity contribution is -0.149. The highest BCUT2D eigenvalue weighted by Gasteiger charge is 2.34. The monoisotopic (exact) mass is 281 g/mol. The van der Waals surface area contributed by atoms with E-state index in [1.807, 2.05) is 0 Å². The number of methoxy groups -OCH3 is 1. The van der Waals surface area contributed by atoms with E-state index in [-0.39, 0.29) is 0 Å². The zero-order valence-electron chi connectivity index (χ0n) is 10.8. The van der Waals surface area contributed by atoms with Crippen LogP contribution in [0.1, 0.15) is 38.5 Å².